The summed E-state index contributed by atoms with van der Waals surface area (Å²) in [5, 5.41) is 8.99. The molecule has 0 bridgehead atoms. The van der Waals surface area contributed by atoms with Gasteiger partial charge in [0.2, 0.25) is 0 Å². The first-order valence-corrected chi connectivity index (χ1v) is 5.82. The number of hydrogen-bond donors (Lipinski definition) is 0. The summed E-state index contributed by atoms with van der Waals surface area (Å²) in [6.45, 7) is 5.34. The Morgan fingerprint density at radius 2 is 2.06 bits per heavy atom. The van der Waals surface area contributed by atoms with Gasteiger partial charge in [-0.05, 0) is 30.0 Å². The molecule has 0 amide bonds. The first-order valence-electron chi connectivity index (χ1n) is 5.82. The van der Waals surface area contributed by atoms with Crippen molar-refractivity contribution < 1.29 is 9.47 Å². The molecule has 0 unspecified atom stereocenters. The van der Waals surface area contributed by atoms with Gasteiger partial charge in [-0.3, -0.25) is 0 Å². The van der Waals surface area contributed by atoms with E-state index < -0.39 is 0 Å². The molecule has 0 fully saturated rings. The van der Waals surface area contributed by atoms with Gasteiger partial charge in [-0.2, -0.15) is 5.26 Å². The summed E-state index contributed by atoms with van der Waals surface area (Å²) >= 11 is 0. The highest BCUT2D eigenvalue weighted by Crippen LogP contribution is 2.21. The summed E-state index contributed by atoms with van der Waals surface area (Å²) in [6, 6.07) is 7.90. The average Bonchev–Trinajstić information content (AvgIpc) is 2.29. The lowest BCUT2D eigenvalue weighted by atomic mass is 10.0. The number of methoxy groups -OCH3 is 1. The van der Waals surface area contributed by atoms with Gasteiger partial charge in [0.15, 0.2) is 0 Å². The quantitative estimate of drug-likeness (QED) is 0.709. The molecule has 0 aliphatic rings. The molecule has 0 spiro atoms. The second-order valence-electron chi connectivity index (χ2n) is 4.38. The summed E-state index contributed by atoms with van der Waals surface area (Å²) in [7, 11) is 1.63. The van der Waals surface area contributed by atoms with E-state index in [0.717, 1.165) is 6.42 Å². The second-order valence-corrected chi connectivity index (χ2v) is 4.38. The Hall–Kier alpha value is -1.53. The summed E-state index contributed by atoms with van der Waals surface area (Å²) in [6.07, 6.45) is 0.992. The molecule has 1 aromatic carbocycles. The number of nitriles is 1. The van der Waals surface area contributed by atoms with Crippen molar-refractivity contribution in [2.24, 2.45) is 5.92 Å². The monoisotopic (exact) mass is 233 g/mol. The van der Waals surface area contributed by atoms with Crippen LogP contribution in [0.5, 0.6) is 5.75 Å². The zero-order valence-electron chi connectivity index (χ0n) is 10.7. The molecule has 0 aromatic heterocycles. The Balaban J connectivity index is 2.79. The highest BCUT2D eigenvalue weighted by molar-refractivity contribution is 5.45. The summed E-state index contributed by atoms with van der Waals surface area (Å²) < 4.78 is 10.5. The molecule has 3 nitrogen and oxygen atoms in total. The third-order valence-corrected chi connectivity index (χ3v) is 2.36. The van der Waals surface area contributed by atoms with Gasteiger partial charge in [0.1, 0.15) is 18.4 Å². The van der Waals surface area contributed by atoms with Gasteiger partial charge in [0.25, 0.3) is 0 Å². The Kier molecular flexibility index (Phi) is 5.51. The minimum atomic E-state index is 0.469. The van der Waals surface area contributed by atoms with Crippen LogP contribution in [0.3, 0.4) is 0 Å². The predicted molar refractivity (Wildman–Crippen MR) is 67.1 cm³/mol. The van der Waals surface area contributed by atoms with Crippen molar-refractivity contribution in [1.29, 1.82) is 5.26 Å². The van der Waals surface area contributed by atoms with E-state index in [1.807, 2.05) is 18.2 Å². The number of benzene rings is 1. The van der Waals surface area contributed by atoms with Crippen molar-refractivity contribution in [2.45, 2.75) is 20.3 Å². The molecule has 92 valence electrons. The fourth-order valence-corrected chi connectivity index (χ4v) is 1.61. The first kappa shape index (κ1) is 13.5. The normalized spacial score (nSPS) is 10.3. The van der Waals surface area contributed by atoms with E-state index in [9.17, 15) is 0 Å². The van der Waals surface area contributed by atoms with Crippen LogP contribution < -0.4 is 4.74 Å². The van der Waals surface area contributed by atoms with E-state index in [2.05, 4.69) is 19.9 Å². The largest absolute Gasteiger partial charge is 0.490 e. The molecule has 17 heavy (non-hydrogen) atoms. The Labute approximate surface area is 103 Å². The predicted octanol–water partition coefficient (Wildman–Crippen LogP) is 2.78. The molecule has 0 aliphatic carbocycles. The summed E-state index contributed by atoms with van der Waals surface area (Å²) in [5.74, 6) is 1.25. The van der Waals surface area contributed by atoms with Crippen LogP contribution in [0.25, 0.3) is 0 Å². The van der Waals surface area contributed by atoms with Gasteiger partial charge < -0.3 is 9.47 Å². The molecule has 0 heterocycles. The Morgan fingerprint density at radius 1 is 1.29 bits per heavy atom. The van der Waals surface area contributed by atoms with Crippen LogP contribution in [0.4, 0.5) is 0 Å². The molecule has 0 saturated carbocycles. The first-order chi connectivity index (χ1) is 8.17. The highest BCUT2D eigenvalue weighted by Gasteiger charge is 2.06. The fourth-order valence-electron chi connectivity index (χ4n) is 1.61. The third kappa shape index (κ3) is 4.46. The minimum absolute atomic E-state index is 0.469. The molecule has 1 rings (SSSR count). The summed E-state index contributed by atoms with van der Waals surface area (Å²) in [5.41, 5.74) is 1.78. The Bertz CT molecular complexity index is 394. The lowest BCUT2D eigenvalue weighted by Gasteiger charge is -2.10. The maximum Gasteiger partial charge on any atom is 0.137 e. The lowest BCUT2D eigenvalue weighted by molar-refractivity contribution is 0.146. The van der Waals surface area contributed by atoms with Gasteiger partial charge in [0.05, 0.1) is 12.2 Å². The number of nitrogens with zero attached hydrogens (tertiary/aromatic N) is 1. The van der Waals surface area contributed by atoms with E-state index >= 15 is 0 Å². The summed E-state index contributed by atoms with van der Waals surface area (Å²) in [4.78, 5) is 0. The smallest absolute Gasteiger partial charge is 0.137 e. The van der Waals surface area contributed by atoms with Gasteiger partial charge in [0, 0.05) is 7.11 Å². The van der Waals surface area contributed by atoms with E-state index in [-0.39, 0.29) is 0 Å². The lowest BCUT2D eigenvalue weighted by Crippen LogP contribution is -2.06. The molecular weight excluding hydrogens is 214 g/mol. The average molecular weight is 233 g/mol. The van der Waals surface area contributed by atoms with Crippen LogP contribution in [-0.2, 0) is 11.2 Å². The van der Waals surface area contributed by atoms with Crippen molar-refractivity contribution >= 4 is 0 Å². The Morgan fingerprint density at radius 3 is 2.65 bits per heavy atom. The fraction of sp³-hybridized carbons (Fsp3) is 0.500. The van der Waals surface area contributed by atoms with Crippen LogP contribution in [0.15, 0.2) is 18.2 Å². The molecule has 0 N–H and O–H groups in total. The van der Waals surface area contributed by atoms with Crippen molar-refractivity contribution in [2.75, 3.05) is 20.3 Å². The van der Waals surface area contributed by atoms with Crippen LogP contribution in [0.2, 0.25) is 0 Å². The number of rotatable bonds is 6. The molecular formula is C14H19NO2. The number of ether oxygens (including phenoxy) is 2. The number of hydrogen-bond acceptors (Lipinski definition) is 3. The molecule has 3 heteroatoms. The standard InChI is InChI=1S/C14H19NO2/c1-11(2)8-12-4-5-13(10-15)14(9-12)17-7-6-16-3/h4-5,9,11H,6-8H2,1-3H3. The zero-order chi connectivity index (χ0) is 12.7. The van der Waals surface area contributed by atoms with Crippen LogP contribution in [0, 0.1) is 17.2 Å². The maximum atomic E-state index is 8.99. The van der Waals surface area contributed by atoms with E-state index in [4.69, 9.17) is 14.7 Å². The van der Waals surface area contributed by atoms with E-state index in [0.29, 0.717) is 30.4 Å². The van der Waals surface area contributed by atoms with E-state index in [1.165, 1.54) is 5.56 Å². The van der Waals surface area contributed by atoms with Gasteiger partial charge in [-0.25, -0.2) is 0 Å². The van der Waals surface area contributed by atoms with Crippen molar-refractivity contribution in [1.82, 2.24) is 0 Å². The van der Waals surface area contributed by atoms with Gasteiger partial charge in [-0.1, -0.05) is 19.9 Å². The van der Waals surface area contributed by atoms with Crippen LogP contribution in [0.1, 0.15) is 25.0 Å². The minimum Gasteiger partial charge on any atom is -0.490 e. The molecule has 1 aromatic rings. The maximum absolute atomic E-state index is 8.99. The molecule has 0 atom stereocenters. The SMILES string of the molecule is COCCOc1cc(CC(C)C)ccc1C#N. The van der Waals surface area contributed by atoms with Crippen molar-refractivity contribution in [3.63, 3.8) is 0 Å². The van der Waals surface area contributed by atoms with E-state index in [1.54, 1.807) is 7.11 Å². The molecule has 0 saturated heterocycles. The topological polar surface area (TPSA) is 42.2 Å². The molecule has 0 radical (unpaired) electrons. The third-order valence-electron chi connectivity index (χ3n) is 2.36. The molecule has 0 aliphatic heterocycles. The van der Waals surface area contributed by atoms with Gasteiger partial charge in [-0.15, -0.1) is 0 Å². The van der Waals surface area contributed by atoms with Crippen molar-refractivity contribution in [3.8, 4) is 11.8 Å². The second kappa shape index (κ2) is 6.93. The highest BCUT2D eigenvalue weighted by atomic mass is 16.5. The zero-order valence-corrected chi connectivity index (χ0v) is 10.7. The van der Waals surface area contributed by atoms with Crippen LogP contribution >= 0.6 is 0 Å². The van der Waals surface area contributed by atoms with Crippen molar-refractivity contribution in [3.05, 3.63) is 29.3 Å². The van der Waals surface area contributed by atoms with Gasteiger partial charge >= 0.3 is 0 Å². The van der Waals surface area contributed by atoms with Crippen LogP contribution in [-0.4, -0.2) is 20.3 Å².